The molecule has 0 bridgehead atoms. The van der Waals surface area contributed by atoms with Gasteiger partial charge in [0.25, 0.3) is 11.8 Å². The van der Waals surface area contributed by atoms with Crippen LogP contribution < -0.4 is 15.4 Å². The van der Waals surface area contributed by atoms with Crippen LogP contribution >= 0.6 is 23.4 Å². The van der Waals surface area contributed by atoms with Crippen LogP contribution in [0.15, 0.2) is 47.9 Å². The molecule has 0 unspecified atom stereocenters. The number of carbonyl (C=O) groups excluding carboxylic acids is 2. The Morgan fingerprint density at radius 2 is 2.14 bits per heavy atom. The predicted octanol–water partition coefficient (Wildman–Crippen LogP) is 3.21. The lowest BCUT2D eigenvalue weighted by Gasteiger charge is -2.10. The molecule has 0 saturated carbocycles. The highest BCUT2D eigenvalue weighted by Gasteiger charge is 2.11. The van der Waals surface area contributed by atoms with E-state index in [1.807, 2.05) is 6.92 Å². The van der Waals surface area contributed by atoms with Crippen molar-refractivity contribution >= 4 is 35.2 Å². The second kappa shape index (κ2) is 11.4. The summed E-state index contributed by atoms with van der Waals surface area (Å²) < 4.78 is 18.5. The quantitative estimate of drug-likeness (QED) is 0.553. The number of halogens is 2. The first-order valence-corrected chi connectivity index (χ1v) is 10.0. The van der Waals surface area contributed by atoms with Crippen LogP contribution in [-0.2, 0) is 4.79 Å². The fraction of sp³-hybridized carbons (Fsp3) is 0.263. The summed E-state index contributed by atoms with van der Waals surface area (Å²) in [7, 11) is 0. The van der Waals surface area contributed by atoms with Gasteiger partial charge in [0.1, 0.15) is 22.3 Å². The molecule has 1 heterocycles. The monoisotopic (exact) mass is 438 g/mol. The Kier molecular flexibility index (Phi) is 8.88. The number of nitrogens with one attached hydrogen (secondary N) is 2. The number of benzene rings is 1. The van der Waals surface area contributed by atoms with Crippen LogP contribution in [0.25, 0.3) is 0 Å². The number of hydrogen-bond acceptors (Lipinski definition) is 6. The molecule has 154 valence electrons. The van der Waals surface area contributed by atoms with Crippen molar-refractivity contribution in [3.8, 4) is 5.75 Å². The average Bonchev–Trinajstić information content (AvgIpc) is 2.69. The van der Waals surface area contributed by atoms with Gasteiger partial charge in [0.05, 0.1) is 17.4 Å². The van der Waals surface area contributed by atoms with Crippen molar-refractivity contribution in [2.75, 3.05) is 18.9 Å². The molecular weight excluding hydrogens is 419 g/mol. The van der Waals surface area contributed by atoms with Gasteiger partial charge in [0.15, 0.2) is 6.61 Å². The van der Waals surface area contributed by atoms with Crippen molar-refractivity contribution < 1.29 is 18.7 Å². The Morgan fingerprint density at radius 1 is 1.34 bits per heavy atom. The Hall–Kier alpha value is -2.65. The van der Waals surface area contributed by atoms with Gasteiger partial charge in [-0.1, -0.05) is 25.1 Å². The summed E-state index contributed by atoms with van der Waals surface area (Å²) in [5.41, 5.74) is 0.614. The third kappa shape index (κ3) is 7.71. The van der Waals surface area contributed by atoms with Gasteiger partial charge >= 0.3 is 0 Å². The van der Waals surface area contributed by atoms with Gasteiger partial charge in [-0.2, -0.15) is 0 Å². The second-order valence-electron chi connectivity index (χ2n) is 5.70. The molecule has 7 nitrogen and oxygen atoms in total. The number of rotatable bonds is 10. The maximum atomic E-state index is 13.3. The van der Waals surface area contributed by atoms with Crippen molar-refractivity contribution in [2.45, 2.75) is 18.4 Å². The molecule has 2 aromatic rings. The molecular formula is C19H20ClFN4O3S. The highest BCUT2D eigenvalue weighted by molar-refractivity contribution is 7.99. The van der Waals surface area contributed by atoms with Crippen molar-refractivity contribution in [3.63, 3.8) is 0 Å². The minimum Gasteiger partial charge on any atom is -0.484 e. The third-order valence-electron chi connectivity index (χ3n) is 3.44. The lowest BCUT2D eigenvalue weighted by molar-refractivity contribution is -0.123. The summed E-state index contributed by atoms with van der Waals surface area (Å²) in [6.45, 7) is 5.71. The molecule has 2 rings (SSSR count). The zero-order chi connectivity index (χ0) is 21.2. The van der Waals surface area contributed by atoms with Crippen molar-refractivity contribution in [1.82, 2.24) is 20.6 Å². The average molecular weight is 439 g/mol. The van der Waals surface area contributed by atoms with Crippen molar-refractivity contribution in [3.05, 3.63) is 59.4 Å². The molecule has 2 amide bonds. The van der Waals surface area contributed by atoms with Crippen LogP contribution in [0.2, 0.25) is 5.02 Å². The SMILES string of the molecule is C=C(CCNC(=O)COc1ccc(Cl)c(F)c1)NC(=O)c1cncc(SCC)n1. The number of nitrogens with zero attached hydrogens (tertiary/aromatic N) is 2. The third-order valence-corrected chi connectivity index (χ3v) is 4.53. The van der Waals surface area contributed by atoms with E-state index in [-0.39, 0.29) is 29.6 Å². The van der Waals surface area contributed by atoms with E-state index in [1.54, 1.807) is 6.20 Å². The van der Waals surface area contributed by atoms with Crippen LogP contribution in [0.5, 0.6) is 5.75 Å². The van der Waals surface area contributed by atoms with Gasteiger partial charge in [-0.25, -0.2) is 9.37 Å². The van der Waals surface area contributed by atoms with E-state index >= 15 is 0 Å². The van der Waals surface area contributed by atoms with E-state index in [4.69, 9.17) is 16.3 Å². The van der Waals surface area contributed by atoms with E-state index in [2.05, 4.69) is 27.2 Å². The van der Waals surface area contributed by atoms with Gasteiger partial charge in [-0.3, -0.25) is 14.6 Å². The summed E-state index contributed by atoms with van der Waals surface area (Å²) in [6.07, 6.45) is 3.29. The summed E-state index contributed by atoms with van der Waals surface area (Å²) in [5, 5.41) is 5.89. The van der Waals surface area contributed by atoms with Gasteiger partial charge in [-0.05, 0) is 17.9 Å². The molecule has 10 heteroatoms. The number of hydrogen-bond donors (Lipinski definition) is 2. The van der Waals surface area contributed by atoms with Crippen molar-refractivity contribution in [1.29, 1.82) is 0 Å². The first-order valence-electron chi connectivity index (χ1n) is 8.67. The first-order chi connectivity index (χ1) is 13.9. The molecule has 0 radical (unpaired) electrons. The van der Waals surface area contributed by atoms with E-state index < -0.39 is 17.6 Å². The van der Waals surface area contributed by atoms with Gasteiger partial charge < -0.3 is 15.4 Å². The van der Waals surface area contributed by atoms with E-state index in [0.717, 1.165) is 11.8 Å². The van der Waals surface area contributed by atoms with Crippen molar-refractivity contribution in [2.24, 2.45) is 0 Å². The molecule has 0 aliphatic carbocycles. The van der Waals surface area contributed by atoms with E-state index in [1.165, 1.54) is 30.1 Å². The molecule has 0 aliphatic heterocycles. The molecule has 0 spiro atoms. The summed E-state index contributed by atoms with van der Waals surface area (Å²) in [4.78, 5) is 32.2. The largest absolute Gasteiger partial charge is 0.484 e. The summed E-state index contributed by atoms with van der Waals surface area (Å²) in [5.74, 6) is -0.415. The maximum absolute atomic E-state index is 13.3. The van der Waals surface area contributed by atoms with Crippen LogP contribution in [0.4, 0.5) is 4.39 Å². The summed E-state index contributed by atoms with van der Waals surface area (Å²) in [6, 6.07) is 3.91. The Labute approximate surface area is 177 Å². The van der Waals surface area contributed by atoms with Gasteiger partial charge in [-0.15, -0.1) is 11.8 Å². The van der Waals surface area contributed by atoms with Crippen LogP contribution in [-0.4, -0.2) is 40.7 Å². The number of aromatic nitrogens is 2. The number of carbonyl (C=O) groups is 2. The molecule has 0 atom stereocenters. The molecule has 2 N–H and O–H groups in total. The fourth-order valence-electron chi connectivity index (χ4n) is 2.08. The Morgan fingerprint density at radius 3 is 2.86 bits per heavy atom. The number of amides is 2. The molecule has 29 heavy (non-hydrogen) atoms. The second-order valence-corrected chi connectivity index (χ2v) is 7.39. The van der Waals surface area contributed by atoms with Crippen LogP contribution in [0.1, 0.15) is 23.8 Å². The van der Waals surface area contributed by atoms with E-state index in [0.29, 0.717) is 17.1 Å². The summed E-state index contributed by atoms with van der Waals surface area (Å²) >= 11 is 7.07. The smallest absolute Gasteiger partial charge is 0.275 e. The maximum Gasteiger partial charge on any atom is 0.275 e. The zero-order valence-corrected chi connectivity index (χ0v) is 17.3. The standard InChI is InChI=1S/C19H20ClFN4O3S/c1-3-29-18-10-22-9-16(25-18)19(27)24-12(2)6-7-23-17(26)11-28-13-4-5-14(20)15(21)8-13/h4-5,8-10H,2-3,6-7,11H2,1H3,(H,23,26)(H,24,27). The molecule has 0 saturated heterocycles. The highest BCUT2D eigenvalue weighted by Crippen LogP contribution is 2.20. The molecule has 1 aromatic heterocycles. The molecule has 1 aromatic carbocycles. The van der Waals surface area contributed by atoms with Crippen LogP contribution in [0.3, 0.4) is 0 Å². The highest BCUT2D eigenvalue weighted by atomic mass is 35.5. The lowest BCUT2D eigenvalue weighted by Crippen LogP contribution is -2.31. The minimum absolute atomic E-state index is 0.0239. The Bertz CT molecular complexity index is 898. The van der Waals surface area contributed by atoms with Gasteiger partial charge in [0.2, 0.25) is 0 Å². The van der Waals surface area contributed by atoms with E-state index in [9.17, 15) is 14.0 Å². The number of ether oxygens (including phenoxy) is 1. The topological polar surface area (TPSA) is 93.2 Å². The van der Waals surface area contributed by atoms with Gasteiger partial charge in [0, 0.05) is 24.7 Å². The predicted molar refractivity (Wildman–Crippen MR) is 110 cm³/mol. The lowest BCUT2D eigenvalue weighted by atomic mass is 10.3. The molecule has 0 fully saturated rings. The molecule has 0 aliphatic rings. The van der Waals surface area contributed by atoms with Crippen LogP contribution in [0, 0.1) is 5.82 Å². The number of thioether (sulfide) groups is 1. The minimum atomic E-state index is -0.625. The normalized spacial score (nSPS) is 10.3. The Balaban J connectivity index is 1.70. The first kappa shape index (κ1) is 22.6. The fourth-order valence-corrected chi connectivity index (χ4v) is 2.79. The zero-order valence-electron chi connectivity index (χ0n) is 15.7.